The third kappa shape index (κ3) is 3.86. The molecule has 2 unspecified atom stereocenters. The number of aliphatic hydroxyl groups is 1. The lowest BCUT2D eigenvalue weighted by Crippen LogP contribution is -2.38. The highest BCUT2D eigenvalue weighted by Crippen LogP contribution is 2.48. The molecule has 1 aliphatic heterocycles. The Hall–Kier alpha value is -2.30. The first-order valence-electron chi connectivity index (χ1n) is 10.5. The second kappa shape index (κ2) is 8.44. The molecule has 4 rings (SSSR count). The molecule has 2 aliphatic rings. The Bertz CT molecular complexity index is 979. The van der Waals surface area contributed by atoms with Crippen LogP contribution in [-0.2, 0) is 14.3 Å². The zero-order valence-corrected chi connectivity index (χ0v) is 18.2. The van der Waals surface area contributed by atoms with E-state index in [0.29, 0.717) is 36.0 Å². The topological polar surface area (TPSA) is 55.8 Å². The van der Waals surface area contributed by atoms with Crippen LogP contribution in [0.3, 0.4) is 0 Å². The Kier molecular flexibility index (Phi) is 5.90. The summed E-state index contributed by atoms with van der Waals surface area (Å²) in [6, 6.07) is 13.7. The third-order valence-electron chi connectivity index (χ3n) is 6.32. The number of esters is 1. The van der Waals surface area contributed by atoms with Gasteiger partial charge in [0.15, 0.2) is 11.4 Å². The van der Waals surface area contributed by atoms with Gasteiger partial charge in [-0.3, -0.25) is 0 Å². The largest absolute Gasteiger partial charge is 0.507 e. The molecule has 0 aromatic heterocycles. The van der Waals surface area contributed by atoms with Crippen LogP contribution in [-0.4, -0.2) is 30.4 Å². The van der Waals surface area contributed by atoms with Gasteiger partial charge < -0.3 is 14.6 Å². The first-order valence-corrected chi connectivity index (χ1v) is 10.8. The fourth-order valence-electron chi connectivity index (χ4n) is 4.67. The van der Waals surface area contributed by atoms with E-state index in [1.807, 2.05) is 43.3 Å². The number of benzene rings is 2. The van der Waals surface area contributed by atoms with Crippen molar-refractivity contribution in [2.75, 3.05) is 13.7 Å². The summed E-state index contributed by atoms with van der Waals surface area (Å²) in [6.07, 6.45) is 4.09. The maximum Gasteiger partial charge on any atom is 0.343 e. The quantitative estimate of drug-likeness (QED) is 0.586. The Morgan fingerprint density at radius 2 is 1.93 bits per heavy atom. The van der Waals surface area contributed by atoms with E-state index >= 15 is 0 Å². The van der Waals surface area contributed by atoms with E-state index < -0.39 is 11.6 Å². The van der Waals surface area contributed by atoms with E-state index in [0.717, 1.165) is 30.4 Å². The number of methoxy groups -OCH3 is 1. The Morgan fingerprint density at radius 3 is 2.67 bits per heavy atom. The SMILES string of the molecule is COCCC1CCCC2(C1)OC(=O)C(c1cc(-c3ccc(C)cc3)ccc1Cl)=C2O. The van der Waals surface area contributed by atoms with Crippen LogP contribution in [0.2, 0.25) is 5.02 Å². The molecule has 1 heterocycles. The molecule has 1 fully saturated rings. The highest BCUT2D eigenvalue weighted by atomic mass is 35.5. The minimum Gasteiger partial charge on any atom is -0.507 e. The van der Waals surface area contributed by atoms with E-state index in [2.05, 4.69) is 0 Å². The highest BCUT2D eigenvalue weighted by Gasteiger charge is 2.51. The molecule has 30 heavy (non-hydrogen) atoms. The van der Waals surface area contributed by atoms with Crippen LogP contribution in [0.15, 0.2) is 48.2 Å². The van der Waals surface area contributed by atoms with Gasteiger partial charge in [0.25, 0.3) is 0 Å². The number of rotatable bonds is 5. The standard InChI is InChI=1S/C25H27ClO4/c1-16-5-7-18(8-6-16)19-9-10-21(26)20(14-19)22-23(27)25(30-24(22)28)12-3-4-17(15-25)11-13-29-2/h5-10,14,17,27H,3-4,11-13,15H2,1-2H3. The summed E-state index contributed by atoms with van der Waals surface area (Å²) in [5, 5.41) is 11.6. The van der Waals surface area contributed by atoms with Crippen molar-refractivity contribution in [3.05, 3.63) is 64.4 Å². The van der Waals surface area contributed by atoms with Gasteiger partial charge >= 0.3 is 5.97 Å². The Morgan fingerprint density at radius 1 is 1.20 bits per heavy atom. The number of hydrogen-bond donors (Lipinski definition) is 1. The molecule has 0 amide bonds. The molecule has 5 heteroatoms. The lowest BCUT2D eigenvalue weighted by Gasteiger charge is -2.36. The first-order chi connectivity index (χ1) is 14.4. The fourth-order valence-corrected chi connectivity index (χ4v) is 4.88. The second-order valence-corrected chi connectivity index (χ2v) is 8.82. The number of ether oxygens (including phenoxy) is 2. The molecule has 0 radical (unpaired) electrons. The Balaban J connectivity index is 1.71. The van der Waals surface area contributed by atoms with Crippen molar-refractivity contribution in [1.82, 2.24) is 0 Å². The monoisotopic (exact) mass is 426 g/mol. The molecule has 1 saturated carbocycles. The lowest BCUT2D eigenvalue weighted by atomic mass is 9.75. The van der Waals surface area contributed by atoms with E-state index in [9.17, 15) is 9.90 Å². The van der Waals surface area contributed by atoms with Crippen LogP contribution in [0.25, 0.3) is 16.7 Å². The van der Waals surface area contributed by atoms with Gasteiger partial charge in [-0.25, -0.2) is 4.79 Å². The van der Waals surface area contributed by atoms with Crippen LogP contribution in [0.5, 0.6) is 0 Å². The summed E-state index contributed by atoms with van der Waals surface area (Å²) < 4.78 is 11.0. The van der Waals surface area contributed by atoms with Crippen LogP contribution >= 0.6 is 11.6 Å². The lowest BCUT2D eigenvalue weighted by molar-refractivity contribution is -0.151. The number of carbonyl (C=O) groups excluding carboxylic acids is 1. The number of aliphatic hydroxyl groups excluding tert-OH is 1. The molecular formula is C25H27ClO4. The van der Waals surface area contributed by atoms with Gasteiger partial charge in [-0.1, -0.05) is 53.9 Å². The van der Waals surface area contributed by atoms with Gasteiger partial charge in [0.05, 0.1) is 0 Å². The van der Waals surface area contributed by atoms with Gasteiger partial charge in [0.2, 0.25) is 0 Å². The molecule has 4 nitrogen and oxygen atoms in total. The minimum atomic E-state index is -0.938. The van der Waals surface area contributed by atoms with Gasteiger partial charge in [0.1, 0.15) is 5.57 Å². The maximum absolute atomic E-state index is 12.9. The summed E-state index contributed by atoms with van der Waals surface area (Å²) in [5.74, 6) is -0.122. The van der Waals surface area contributed by atoms with Crippen molar-refractivity contribution < 1.29 is 19.4 Å². The maximum atomic E-state index is 12.9. The molecule has 1 aliphatic carbocycles. The van der Waals surface area contributed by atoms with E-state index in [4.69, 9.17) is 21.1 Å². The number of carbonyl (C=O) groups is 1. The van der Waals surface area contributed by atoms with Crippen LogP contribution < -0.4 is 0 Å². The van der Waals surface area contributed by atoms with Crippen LogP contribution in [0.4, 0.5) is 0 Å². The van der Waals surface area contributed by atoms with Gasteiger partial charge in [0, 0.05) is 24.3 Å². The second-order valence-electron chi connectivity index (χ2n) is 8.41. The highest BCUT2D eigenvalue weighted by molar-refractivity contribution is 6.35. The molecule has 1 spiro atoms. The number of hydrogen-bond acceptors (Lipinski definition) is 4. The van der Waals surface area contributed by atoms with E-state index in [-0.39, 0.29) is 11.3 Å². The molecule has 2 atom stereocenters. The van der Waals surface area contributed by atoms with Gasteiger partial charge in [-0.2, -0.15) is 0 Å². The van der Waals surface area contributed by atoms with E-state index in [1.54, 1.807) is 13.2 Å². The summed E-state index contributed by atoms with van der Waals surface area (Å²) in [6.45, 7) is 2.70. The number of halogens is 1. The average molecular weight is 427 g/mol. The van der Waals surface area contributed by atoms with Crippen molar-refractivity contribution in [1.29, 1.82) is 0 Å². The molecule has 0 saturated heterocycles. The van der Waals surface area contributed by atoms with Crippen molar-refractivity contribution in [2.45, 2.75) is 44.6 Å². The summed E-state index contributed by atoms with van der Waals surface area (Å²) in [4.78, 5) is 12.9. The third-order valence-corrected chi connectivity index (χ3v) is 6.65. The average Bonchev–Trinajstić information content (AvgIpc) is 2.97. The summed E-state index contributed by atoms with van der Waals surface area (Å²) >= 11 is 6.47. The van der Waals surface area contributed by atoms with Crippen molar-refractivity contribution in [3.8, 4) is 11.1 Å². The predicted molar refractivity (Wildman–Crippen MR) is 118 cm³/mol. The Labute approximate surface area is 182 Å². The van der Waals surface area contributed by atoms with Gasteiger partial charge in [-0.15, -0.1) is 0 Å². The molecule has 1 N–H and O–H groups in total. The summed E-state index contributed by atoms with van der Waals surface area (Å²) in [7, 11) is 1.69. The van der Waals surface area contributed by atoms with E-state index in [1.165, 1.54) is 5.56 Å². The van der Waals surface area contributed by atoms with Crippen molar-refractivity contribution >= 4 is 23.1 Å². The molecule has 0 bridgehead atoms. The minimum absolute atomic E-state index is 0.0255. The smallest absolute Gasteiger partial charge is 0.343 e. The molecule has 158 valence electrons. The first kappa shape index (κ1) is 21.0. The predicted octanol–water partition coefficient (Wildman–Crippen LogP) is 6.11. The van der Waals surface area contributed by atoms with Crippen molar-refractivity contribution in [2.24, 2.45) is 5.92 Å². The zero-order chi connectivity index (χ0) is 21.3. The molecule has 2 aromatic carbocycles. The van der Waals surface area contributed by atoms with Crippen LogP contribution in [0, 0.1) is 12.8 Å². The van der Waals surface area contributed by atoms with Gasteiger partial charge in [-0.05, 0) is 61.8 Å². The summed E-state index contributed by atoms with van der Waals surface area (Å²) in [5.41, 5.74) is 2.91. The zero-order valence-electron chi connectivity index (χ0n) is 17.4. The molecule has 2 aromatic rings. The van der Waals surface area contributed by atoms with Crippen molar-refractivity contribution in [3.63, 3.8) is 0 Å². The fraction of sp³-hybridized carbons (Fsp3) is 0.400. The van der Waals surface area contributed by atoms with Crippen LogP contribution in [0.1, 0.15) is 43.2 Å². The normalized spacial score (nSPS) is 23.8. The number of aryl methyl sites for hydroxylation is 1. The molecular weight excluding hydrogens is 400 g/mol.